The molecule has 0 radical (unpaired) electrons. The Morgan fingerprint density at radius 1 is 1.04 bits per heavy atom. The molecule has 0 saturated heterocycles. The molecule has 0 atom stereocenters. The smallest absolute Gasteiger partial charge is 0.360 e. The number of benzene rings is 1. The zero-order valence-electron chi connectivity index (χ0n) is 14.8. The van der Waals surface area contributed by atoms with E-state index in [2.05, 4.69) is 15.1 Å². The summed E-state index contributed by atoms with van der Waals surface area (Å²) in [6, 6.07) is 0.748. The van der Waals surface area contributed by atoms with Crippen molar-refractivity contribution in [3.05, 3.63) is 40.6 Å². The summed E-state index contributed by atoms with van der Waals surface area (Å²) in [6.07, 6.45) is -4.64. The fraction of sp³-hybridized carbons (Fsp3) is 0.312. The molecule has 0 saturated carbocycles. The van der Waals surface area contributed by atoms with Gasteiger partial charge in [-0.05, 0) is 6.92 Å². The lowest BCUT2D eigenvalue weighted by atomic mass is 10.1. The Kier molecular flexibility index (Phi) is 6.37. The standard InChI is InChI=1S/C14H8ClF6N5.C2H6/c1-5-23-13-24-11(15)10(9-7(17)2-6(16)3-8(9)18)12(26(13)25-5)22-4-14(19,20)21;1-2/h2-3,22H,4H2,1H3;1-2H3. The normalized spacial score (nSPS) is 11.4. The molecule has 2 aromatic heterocycles. The van der Waals surface area contributed by atoms with Crippen LogP contribution in [0.2, 0.25) is 5.15 Å². The first-order valence-corrected chi connectivity index (χ1v) is 8.33. The van der Waals surface area contributed by atoms with Crippen molar-refractivity contribution in [2.45, 2.75) is 26.9 Å². The Balaban J connectivity index is 0.00000136. The van der Waals surface area contributed by atoms with Gasteiger partial charge in [0.15, 0.2) is 0 Å². The van der Waals surface area contributed by atoms with E-state index in [1.807, 2.05) is 19.2 Å². The fourth-order valence-electron chi connectivity index (χ4n) is 2.32. The number of nitrogens with one attached hydrogen (secondary N) is 1. The summed E-state index contributed by atoms with van der Waals surface area (Å²) >= 11 is 5.95. The number of nitrogens with zero attached hydrogens (tertiary/aromatic N) is 4. The van der Waals surface area contributed by atoms with Gasteiger partial charge in [-0.2, -0.15) is 27.7 Å². The Labute approximate surface area is 160 Å². The number of aryl methyl sites for hydroxylation is 1. The summed E-state index contributed by atoms with van der Waals surface area (Å²) in [7, 11) is 0. The van der Waals surface area contributed by atoms with E-state index in [0.29, 0.717) is 12.1 Å². The second-order valence-electron chi connectivity index (χ2n) is 5.21. The minimum Gasteiger partial charge on any atom is -0.360 e. The van der Waals surface area contributed by atoms with Crippen molar-refractivity contribution in [2.24, 2.45) is 0 Å². The SMILES string of the molecule is CC.Cc1nc2nc(Cl)c(-c3c(F)cc(F)cc3F)c(NCC(F)(F)F)n2n1. The van der Waals surface area contributed by atoms with Crippen LogP contribution in [0.4, 0.5) is 32.2 Å². The van der Waals surface area contributed by atoms with Crippen molar-refractivity contribution in [2.75, 3.05) is 11.9 Å². The summed E-state index contributed by atoms with van der Waals surface area (Å²) in [5, 5.41) is 5.33. The zero-order chi connectivity index (χ0) is 21.2. The van der Waals surface area contributed by atoms with Crippen molar-refractivity contribution < 1.29 is 26.3 Å². The lowest BCUT2D eigenvalue weighted by molar-refractivity contribution is -0.115. The summed E-state index contributed by atoms with van der Waals surface area (Å²) in [6.45, 7) is 3.90. The van der Waals surface area contributed by atoms with Gasteiger partial charge in [-0.15, -0.1) is 5.10 Å². The van der Waals surface area contributed by atoms with Gasteiger partial charge >= 0.3 is 6.18 Å². The summed E-state index contributed by atoms with van der Waals surface area (Å²) in [4.78, 5) is 7.65. The van der Waals surface area contributed by atoms with Gasteiger partial charge in [-0.25, -0.2) is 13.2 Å². The molecule has 152 valence electrons. The molecule has 12 heteroatoms. The first-order valence-electron chi connectivity index (χ1n) is 7.95. The number of aromatic nitrogens is 4. The molecule has 5 nitrogen and oxygen atoms in total. The fourth-order valence-corrected chi connectivity index (χ4v) is 2.58. The van der Waals surface area contributed by atoms with E-state index in [1.165, 1.54) is 6.92 Å². The molecule has 3 rings (SSSR count). The third-order valence-electron chi connectivity index (χ3n) is 3.26. The van der Waals surface area contributed by atoms with Gasteiger partial charge in [-0.1, -0.05) is 25.4 Å². The van der Waals surface area contributed by atoms with Gasteiger partial charge < -0.3 is 5.32 Å². The third kappa shape index (κ3) is 4.46. The lowest BCUT2D eigenvalue weighted by Gasteiger charge is -2.16. The van der Waals surface area contributed by atoms with E-state index >= 15 is 0 Å². The Hall–Kier alpha value is -2.56. The number of rotatable bonds is 3. The third-order valence-corrected chi connectivity index (χ3v) is 3.54. The van der Waals surface area contributed by atoms with Crippen LogP contribution in [-0.4, -0.2) is 32.3 Å². The Bertz CT molecular complexity index is 978. The lowest BCUT2D eigenvalue weighted by Crippen LogP contribution is -2.23. The first-order chi connectivity index (χ1) is 13.1. The van der Waals surface area contributed by atoms with Crippen molar-refractivity contribution in [3.8, 4) is 11.1 Å². The minimum atomic E-state index is -4.64. The molecule has 0 amide bonds. The molecule has 1 aromatic carbocycles. The molecule has 2 heterocycles. The molecule has 0 aliphatic heterocycles. The topological polar surface area (TPSA) is 55.1 Å². The summed E-state index contributed by atoms with van der Waals surface area (Å²) in [5.74, 6) is -4.45. The highest BCUT2D eigenvalue weighted by Gasteiger charge is 2.30. The molecule has 0 fully saturated rings. The molecule has 0 spiro atoms. The highest BCUT2D eigenvalue weighted by Crippen LogP contribution is 2.38. The maximum Gasteiger partial charge on any atom is 0.405 e. The van der Waals surface area contributed by atoms with Gasteiger partial charge in [0.05, 0.1) is 11.1 Å². The van der Waals surface area contributed by atoms with Crippen molar-refractivity contribution in [3.63, 3.8) is 0 Å². The van der Waals surface area contributed by atoms with E-state index in [1.54, 1.807) is 0 Å². The van der Waals surface area contributed by atoms with Gasteiger partial charge in [-0.3, -0.25) is 0 Å². The number of hydrogen-bond donors (Lipinski definition) is 1. The second-order valence-corrected chi connectivity index (χ2v) is 5.57. The van der Waals surface area contributed by atoms with Crippen molar-refractivity contribution in [1.82, 2.24) is 19.6 Å². The number of alkyl halides is 3. The number of fused-ring (bicyclic) bond motifs is 1. The van der Waals surface area contributed by atoms with Crippen LogP contribution in [0, 0.1) is 24.4 Å². The van der Waals surface area contributed by atoms with Crippen LogP contribution in [-0.2, 0) is 0 Å². The molecule has 3 aromatic rings. The quantitative estimate of drug-likeness (QED) is 0.464. The van der Waals surface area contributed by atoms with Gasteiger partial charge in [0, 0.05) is 12.1 Å². The van der Waals surface area contributed by atoms with Gasteiger partial charge in [0.2, 0.25) is 0 Å². The molecular formula is C16H14ClF6N5. The predicted molar refractivity (Wildman–Crippen MR) is 91.7 cm³/mol. The average molecular weight is 426 g/mol. The predicted octanol–water partition coefficient (Wildman–Crippen LogP) is 5.17. The van der Waals surface area contributed by atoms with E-state index in [0.717, 1.165) is 4.52 Å². The van der Waals surface area contributed by atoms with E-state index in [4.69, 9.17) is 11.6 Å². The van der Waals surface area contributed by atoms with Gasteiger partial charge in [0.1, 0.15) is 40.8 Å². The van der Waals surface area contributed by atoms with Gasteiger partial charge in [0.25, 0.3) is 5.78 Å². The first kappa shape index (κ1) is 21.7. The van der Waals surface area contributed by atoms with Crippen LogP contribution in [0.1, 0.15) is 19.7 Å². The van der Waals surface area contributed by atoms with E-state index < -0.39 is 52.3 Å². The maximum absolute atomic E-state index is 14.2. The second kappa shape index (κ2) is 8.21. The largest absolute Gasteiger partial charge is 0.405 e. The molecule has 28 heavy (non-hydrogen) atoms. The van der Waals surface area contributed by atoms with Crippen LogP contribution >= 0.6 is 11.6 Å². The maximum atomic E-state index is 14.2. The minimum absolute atomic E-state index is 0.140. The monoisotopic (exact) mass is 425 g/mol. The Morgan fingerprint density at radius 3 is 2.14 bits per heavy atom. The molecular weight excluding hydrogens is 412 g/mol. The van der Waals surface area contributed by atoms with E-state index in [9.17, 15) is 26.3 Å². The number of hydrogen-bond acceptors (Lipinski definition) is 4. The highest BCUT2D eigenvalue weighted by molar-refractivity contribution is 6.33. The van der Waals surface area contributed by atoms with Crippen LogP contribution in [0.3, 0.4) is 0 Å². The Morgan fingerprint density at radius 2 is 1.61 bits per heavy atom. The molecule has 0 aliphatic rings. The summed E-state index contributed by atoms with van der Waals surface area (Å²) in [5.41, 5.74) is -1.38. The van der Waals surface area contributed by atoms with Crippen molar-refractivity contribution >= 4 is 23.2 Å². The molecule has 0 unspecified atom stereocenters. The van der Waals surface area contributed by atoms with Crippen LogP contribution < -0.4 is 5.32 Å². The zero-order valence-corrected chi connectivity index (χ0v) is 15.6. The van der Waals surface area contributed by atoms with E-state index in [-0.39, 0.29) is 11.6 Å². The van der Waals surface area contributed by atoms with Crippen LogP contribution in [0.25, 0.3) is 16.9 Å². The number of anilines is 1. The molecule has 1 N–H and O–H groups in total. The van der Waals surface area contributed by atoms with Crippen LogP contribution in [0.5, 0.6) is 0 Å². The number of halogens is 7. The molecule has 0 aliphatic carbocycles. The summed E-state index contributed by atoms with van der Waals surface area (Å²) < 4.78 is 80.3. The molecule has 0 bridgehead atoms. The van der Waals surface area contributed by atoms with Crippen LogP contribution in [0.15, 0.2) is 12.1 Å². The van der Waals surface area contributed by atoms with Crippen molar-refractivity contribution in [1.29, 1.82) is 0 Å². The highest BCUT2D eigenvalue weighted by atomic mass is 35.5. The average Bonchev–Trinajstić information content (AvgIpc) is 2.94.